The molecule has 1 saturated heterocycles. The number of carbonyl (C=O) groups excluding carboxylic acids is 1. The SMILES string of the molecule is Cc1ccccc1N1CC[NH+](CC(=O)Nc2c(C)cccc2[N+](=O)[O-])CC1. The first-order valence-electron chi connectivity index (χ1n) is 9.13. The number of nitro groups is 1. The van der Waals surface area contributed by atoms with Crippen LogP contribution in [0.5, 0.6) is 0 Å². The molecule has 7 heteroatoms. The highest BCUT2D eigenvalue weighted by atomic mass is 16.6. The zero-order valence-electron chi connectivity index (χ0n) is 15.7. The Kier molecular flexibility index (Phi) is 5.71. The number of nitrogens with zero attached hydrogens (tertiary/aromatic N) is 2. The number of aryl methyl sites for hydroxylation is 2. The lowest BCUT2D eigenvalue weighted by Crippen LogP contribution is -3.15. The lowest BCUT2D eigenvalue weighted by Gasteiger charge is -2.34. The van der Waals surface area contributed by atoms with Gasteiger partial charge in [0.1, 0.15) is 5.69 Å². The molecule has 2 N–H and O–H groups in total. The van der Waals surface area contributed by atoms with Gasteiger partial charge < -0.3 is 15.1 Å². The summed E-state index contributed by atoms with van der Waals surface area (Å²) < 4.78 is 0. The van der Waals surface area contributed by atoms with Crippen molar-refractivity contribution in [2.24, 2.45) is 0 Å². The molecule has 1 heterocycles. The average molecular weight is 369 g/mol. The molecule has 1 aliphatic rings. The molecule has 2 aromatic carbocycles. The van der Waals surface area contributed by atoms with Gasteiger partial charge >= 0.3 is 0 Å². The summed E-state index contributed by atoms with van der Waals surface area (Å²) in [5, 5.41) is 13.9. The van der Waals surface area contributed by atoms with E-state index in [1.165, 1.54) is 22.2 Å². The quantitative estimate of drug-likeness (QED) is 0.619. The van der Waals surface area contributed by atoms with Crippen LogP contribution in [0.4, 0.5) is 17.1 Å². The minimum Gasteiger partial charge on any atom is -0.360 e. The summed E-state index contributed by atoms with van der Waals surface area (Å²) in [6.45, 7) is 7.67. The molecule has 0 aliphatic carbocycles. The second-order valence-electron chi connectivity index (χ2n) is 6.97. The predicted octanol–water partition coefficient (Wildman–Crippen LogP) is 1.56. The highest BCUT2D eigenvalue weighted by Crippen LogP contribution is 2.27. The topological polar surface area (TPSA) is 79.9 Å². The number of rotatable bonds is 5. The van der Waals surface area contributed by atoms with Crippen molar-refractivity contribution < 1.29 is 14.6 Å². The summed E-state index contributed by atoms with van der Waals surface area (Å²) in [6, 6.07) is 13.1. The predicted molar refractivity (Wildman–Crippen MR) is 105 cm³/mol. The van der Waals surface area contributed by atoms with Gasteiger partial charge in [-0.3, -0.25) is 14.9 Å². The molecule has 142 valence electrons. The number of hydrogen-bond acceptors (Lipinski definition) is 4. The normalized spacial score (nSPS) is 14.8. The fourth-order valence-corrected chi connectivity index (χ4v) is 3.54. The number of benzene rings is 2. The first-order valence-corrected chi connectivity index (χ1v) is 9.13. The standard InChI is InChI=1S/C20H24N4O3/c1-15-6-3-4-8-17(15)23-12-10-22(11-13-23)14-19(25)21-20-16(2)7-5-9-18(20)24(26)27/h3-9H,10-14H2,1-2H3,(H,21,25)/p+1. The molecular weight excluding hydrogens is 344 g/mol. The first kappa shape index (κ1) is 18.8. The minimum atomic E-state index is -0.462. The number of piperazine rings is 1. The zero-order valence-corrected chi connectivity index (χ0v) is 15.7. The van der Waals surface area contributed by atoms with E-state index in [0.717, 1.165) is 26.2 Å². The van der Waals surface area contributed by atoms with E-state index in [1.54, 1.807) is 19.1 Å². The molecule has 1 amide bonds. The summed E-state index contributed by atoms with van der Waals surface area (Å²) in [4.78, 5) is 26.7. The van der Waals surface area contributed by atoms with E-state index in [4.69, 9.17) is 0 Å². The number of para-hydroxylation sites is 2. The highest BCUT2D eigenvalue weighted by Gasteiger charge is 2.24. The van der Waals surface area contributed by atoms with Gasteiger partial charge in [0.15, 0.2) is 6.54 Å². The van der Waals surface area contributed by atoms with Gasteiger partial charge in [-0.05, 0) is 31.0 Å². The van der Waals surface area contributed by atoms with Crippen LogP contribution in [-0.4, -0.2) is 43.6 Å². The average Bonchev–Trinajstić information content (AvgIpc) is 2.64. The van der Waals surface area contributed by atoms with Gasteiger partial charge in [-0.2, -0.15) is 0 Å². The van der Waals surface area contributed by atoms with Gasteiger partial charge in [0, 0.05) is 11.8 Å². The van der Waals surface area contributed by atoms with E-state index in [-0.39, 0.29) is 11.6 Å². The summed E-state index contributed by atoms with van der Waals surface area (Å²) in [7, 11) is 0. The van der Waals surface area contributed by atoms with E-state index in [0.29, 0.717) is 17.8 Å². The van der Waals surface area contributed by atoms with Crippen LogP contribution in [0.25, 0.3) is 0 Å². The van der Waals surface area contributed by atoms with Crippen LogP contribution < -0.4 is 15.1 Å². The molecule has 2 aromatic rings. The van der Waals surface area contributed by atoms with E-state index in [9.17, 15) is 14.9 Å². The van der Waals surface area contributed by atoms with Crippen LogP contribution in [0.1, 0.15) is 11.1 Å². The maximum atomic E-state index is 12.4. The Balaban J connectivity index is 1.58. The third-order valence-electron chi connectivity index (χ3n) is 5.05. The molecule has 0 bridgehead atoms. The Morgan fingerprint density at radius 2 is 1.78 bits per heavy atom. The molecule has 0 spiro atoms. The number of nitro benzene ring substituents is 1. The van der Waals surface area contributed by atoms with E-state index < -0.39 is 4.92 Å². The molecule has 0 aromatic heterocycles. The van der Waals surface area contributed by atoms with E-state index >= 15 is 0 Å². The van der Waals surface area contributed by atoms with Crippen molar-refractivity contribution in [3.05, 3.63) is 63.7 Å². The number of amides is 1. The zero-order chi connectivity index (χ0) is 19.4. The van der Waals surface area contributed by atoms with Crippen molar-refractivity contribution in [3.8, 4) is 0 Å². The fraction of sp³-hybridized carbons (Fsp3) is 0.350. The van der Waals surface area contributed by atoms with Crippen molar-refractivity contribution in [1.29, 1.82) is 0 Å². The number of anilines is 2. The monoisotopic (exact) mass is 369 g/mol. The van der Waals surface area contributed by atoms with Crippen LogP contribution in [0.2, 0.25) is 0 Å². The molecule has 27 heavy (non-hydrogen) atoms. The Hall–Kier alpha value is -2.93. The maximum Gasteiger partial charge on any atom is 0.293 e. The molecule has 0 radical (unpaired) electrons. The van der Waals surface area contributed by atoms with Crippen LogP contribution in [0.15, 0.2) is 42.5 Å². The molecule has 0 unspecified atom stereocenters. The van der Waals surface area contributed by atoms with Gasteiger partial charge in [0.2, 0.25) is 0 Å². The molecular formula is C20H25N4O3+. The van der Waals surface area contributed by atoms with Crippen molar-refractivity contribution in [1.82, 2.24) is 0 Å². The smallest absolute Gasteiger partial charge is 0.293 e. The molecule has 0 atom stereocenters. The van der Waals surface area contributed by atoms with Gasteiger partial charge in [-0.15, -0.1) is 0 Å². The van der Waals surface area contributed by atoms with Crippen molar-refractivity contribution in [2.45, 2.75) is 13.8 Å². The van der Waals surface area contributed by atoms with Crippen molar-refractivity contribution in [2.75, 3.05) is 42.9 Å². The van der Waals surface area contributed by atoms with Crippen LogP contribution in [0, 0.1) is 24.0 Å². The number of quaternary nitrogens is 1. The lowest BCUT2D eigenvalue weighted by molar-refractivity contribution is -0.892. The molecule has 1 aliphatic heterocycles. The number of hydrogen-bond donors (Lipinski definition) is 2. The van der Waals surface area contributed by atoms with Gasteiger partial charge in [0.25, 0.3) is 11.6 Å². The third-order valence-corrected chi connectivity index (χ3v) is 5.05. The second-order valence-corrected chi connectivity index (χ2v) is 6.97. The van der Waals surface area contributed by atoms with Gasteiger partial charge in [0.05, 0.1) is 31.1 Å². The Morgan fingerprint density at radius 3 is 2.44 bits per heavy atom. The van der Waals surface area contributed by atoms with Crippen LogP contribution in [-0.2, 0) is 4.79 Å². The summed E-state index contributed by atoms with van der Waals surface area (Å²) in [6.07, 6.45) is 0. The van der Waals surface area contributed by atoms with Gasteiger partial charge in [-0.1, -0.05) is 30.3 Å². The van der Waals surface area contributed by atoms with Gasteiger partial charge in [-0.25, -0.2) is 0 Å². The molecule has 0 saturated carbocycles. The molecule has 1 fully saturated rings. The third kappa shape index (κ3) is 4.43. The lowest BCUT2D eigenvalue weighted by atomic mass is 10.1. The van der Waals surface area contributed by atoms with Crippen LogP contribution >= 0.6 is 0 Å². The number of nitrogens with one attached hydrogen (secondary N) is 2. The van der Waals surface area contributed by atoms with Crippen LogP contribution in [0.3, 0.4) is 0 Å². The molecule has 3 rings (SSSR count). The number of carbonyl (C=O) groups is 1. The molecule has 7 nitrogen and oxygen atoms in total. The van der Waals surface area contributed by atoms with Crippen molar-refractivity contribution >= 4 is 23.0 Å². The highest BCUT2D eigenvalue weighted by molar-refractivity contribution is 5.94. The summed E-state index contributed by atoms with van der Waals surface area (Å²) in [5.74, 6) is -0.188. The minimum absolute atomic E-state index is 0.0669. The van der Waals surface area contributed by atoms with Crippen molar-refractivity contribution in [3.63, 3.8) is 0 Å². The van der Waals surface area contributed by atoms with E-state index in [1.807, 2.05) is 12.1 Å². The first-order chi connectivity index (χ1) is 13.0. The summed E-state index contributed by atoms with van der Waals surface area (Å²) >= 11 is 0. The Labute approximate surface area is 158 Å². The Morgan fingerprint density at radius 1 is 1.11 bits per heavy atom. The fourth-order valence-electron chi connectivity index (χ4n) is 3.54. The maximum absolute atomic E-state index is 12.4. The largest absolute Gasteiger partial charge is 0.360 e. The second kappa shape index (κ2) is 8.18. The Bertz CT molecular complexity index is 845. The summed E-state index contributed by atoms with van der Waals surface area (Å²) in [5.41, 5.74) is 3.42. The van der Waals surface area contributed by atoms with E-state index in [2.05, 4.69) is 29.3 Å².